The van der Waals surface area contributed by atoms with Crippen LogP contribution in [0.2, 0.25) is 0 Å². The van der Waals surface area contributed by atoms with Crippen LogP contribution in [0.5, 0.6) is 0 Å². The summed E-state index contributed by atoms with van der Waals surface area (Å²) in [6, 6.07) is 16.2. The van der Waals surface area contributed by atoms with Gasteiger partial charge in [0.1, 0.15) is 6.61 Å². The SMILES string of the molecule is O=C(OCc1ccccc1)c1ccc(CO)cc1. The molecule has 0 amide bonds. The van der Waals surface area contributed by atoms with Gasteiger partial charge in [-0.05, 0) is 23.3 Å². The van der Waals surface area contributed by atoms with E-state index in [4.69, 9.17) is 9.84 Å². The van der Waals surface area contributed by atoms with E-state index in [9.17, 15) is 4.79 Å². The van der Waals surface area contributed by atoms with Crippen molar-refractivity contribution in [3.05, 3.63) is 71.3 Å². The van der Waals surface area contributed by atoms with Crippen LogP contribution in [0, 0.1) is 0 Å². The van der Waals surface area contributed by atoms with Crippen LogP contribution in [-0.4, -0.2) is 11.1 Å². The van der Waals surface area contributed by atoms with Crippen LogP contribution in [0.3, 0.4) is 0 Å². The van der Waals surface area contributed by atoms with Crippen molar-refractivity contribution < 1.29 is 14.6 Å². The summed E-state index contributed by atoms with van der Waals surface area (Å²) in [5.74, 6) is -0.358. The molecule has 3 nitrogen and oxygen atoms in total. The zero-order chi connectivity index (χ0) is 12.8. The molecule has 2 rings (SSSR count). The number of carbonyl (C=O) groups excluding carboxylic acids is 1. The van der Waals surface area contributed by atoms with Crippen molar-refractivity contribution in [2.24, 2.45) is 0 Å². The molecule has 0 saturated heterocycles. The van der Waals surface area contributed by atoms with E-state index in [1.165, 1.54) is 0 Å². The van der Waals surface area contributed by atoms with Gasteiger partial charge in [0.15, 0.2) is 0 Å². The summed E-state index contributed by atoms with van der Waals surface area (Å²) in [5.41, 5.74) is 2.22. The summed E-state index contributed by atoms with van der Waals surface area (Å²) < 4.78 is 5.19. The molecule has 0 spiro atoms. The zero-order valence-electron chi connectivity index (χ0n) is 9.87. The van der Waals surface area contributed by atoms with Crippen molar-refractivity contribution in [2.45, 2.75) is 13.2 Å². The van der Waals surface area contributed by atoms with Gasteiger partial charge in [0.2, 0.25) is 0 Å². The van der Waals surface area contributed by atoms with Gasteiger partial charge in [-0.3, -0.25) is 0 Å². The predicted molar refractivity (Wildman–Crippen MR) is 67.9 cm³/mol. The van der Waals surface area contributed by atoms with E-state index in [2.05, 4.69) is 0 Å². The van der Waals surface area contributed by atoms with Crippen LogP contribution in [0.15, 0.2) is 54.6 Å². The molecule has 18 heavy (non-hydrogen) atoms. The maximum absolute atomic E-state index is 11.7. The lowest BCUT2D eigenvalue weighted by Crippen LogP contribution is -2.05. The maximum Gasteiger partial charge on any atom is 0.338 e. The second-order valence-electron chi connectivity index (χ2n) is 3.92. The summed E-state index contributed by atoms with van der Waals surface area (Å²) >= 11 is 0. The number of benzene rings is 2. The first-order valence-corrected chi connectivity index (χ1v) is 5.70. The topological polar surface area (TPSA) is 46.5 Å². The molecule has 0 unspecified atom stereocenters. The fourth-order valence-electron chi connectivity index (χ4n) is 1.55. The summed E-state index contributed by atoms with van der Waals surface area (Å²) in [7, 11) is 0. The first-order chi connectivity index (χ1) is 8.79. The van der Waals surface area contributed by atoms with Crippen molar-refractivity contribution in [1.29, 1.82) is 0 Å². The second kappa shape index (κ2) is 5.98. The molecule has 3 heteroatoms. The van der Waals surface area contributed by atoms with Crippen molar-refractivity contribution in [3.8, 4) is 0 Å². The molecular formula is C15H14O3. The van der Waals surface area contributed by atoms with E-state index in [1.807, 2.05) is 30.3 Å². The van der Waals surface area contributed by atoms with Crippen LogP contribution >= 0.6 is 0 Å². The molecule has 0 aliphatic rings. The van der Waals surface area contributed by atoms with Gasteiger partial charge in [-0.15, -0.1) is 0 Å². The molecule has 0 atom stereocenters. The minimum absolute atomic E-state index is 0.0284. The van der Waals surface area contributed by atoms with Gasteiger partial charge in [0.25, 0.3) is 0 Å². The Morgan fingerprint density at radius 3 is 2.22 bits per heavy atom. The Morgan fingerprint density at radius 1 is 0.944 bits per heavy atom. The molecule has 0 radical (unpaired) electrons. The second-order valence-corrected chi connectivity index (χ2v) is 3.92. The highest BCUT2D eigenvalue weighted by molar-refractivity contribution is 5.89. The summed E-state index contributed by atoms with van der Waals surface area (Å²) in [4.78, 5) is 11.7. The van der Waals surface area contributed by atoms with Gasteiger partial charge in [-0.25, -0.2) is 4.79 Å². The Morgan fingerprint density at radius 2 is 1.61 bits per heavy atom. The smallest absolute Gasteiger partial charge is 0.338 e. The van der Waals surface area contributed by atoms with E-state index in [0.29, 0.717) is 5.56 Å². The third kappa shape index (κ3) is 3.18. The Bertz CT molecular complexity index is 503. The molecule has 0 fully saturated rings. The average molecular weight is 242 g/mol. The number of hydrogen-bond acceptors (Lipinski definition) is 3. The van der Waals surface area contributed by atoms with Crippen LogP contribution in [0.1, 0.15) is 21.5 Å². The Labute approximate surface area is 106 Å². The van der Waals surface area contributed by atoms with E-state index in [1.54, 1.807) is 24.3 Å². The van der Waals surface area contributed by atoms with Crippen LogP contribution in [0.4, 0.5) is 0 Å². The average Bonchev–Trinajstić information content (AvgIpc) is 2.46. The summed E-state index contributed by atoms with van der Waals surface area (Å²) in [6.07, 6.45) is 0. The van der Waals surface area contributed by atoms with E-state index in [-0.39, 0.29) is 19.2 Å². The van der Waals surface area contributed by atoms with Gasteiger partial charge in [0, 0.05) is 0 Å². The molecule has 0 aliphatic heterocycles. The Balaban J connectivity index is 1.95. The third-order valence-electron chi connectivity index (χ3n) is 2.58. The van der Waals surface area contributed by atoms with Gasteiger partial charge in [-0.2, -0.15) is 0 Å². The third-order valence-corrected chi connectivity index (χ3v) is 2.58. The lowest BCUT2D eigenvalue weighted by molar-refractivity contribution is 0.0472. The molecular weight excluding hydrogens is 228 g/mol. The fourth-order valence-corrected chi connectivity index (χ4v) is 1.55. The number of aliphatic hydroxyl groups is 1. The highest BCUT2D eigenvalue weighted by atomic mass is 16.5. The number of esters is 1. The number of carbonyl (C=O) groups is 1. The molecule has 0 heterocycles. The minimum atomic E-state index is -0.358. The van der Waals surface area contributed by atoms with Crippen molar-refractivity contribution in [2.75, 3.05) is 0 Å². The predicted octanol–water partition coefficient (Wildman–Crippen LogP) is 2.54. The molecule has 0 aliphatic carbocycles. The molecule has 0 bridgehead atoms. The van der Waals surface area contributed by atoms with Crippen molar-refractivity contribution in [3.63, 3.8) is 0 Å². The lowest BCUT2D eigenvalue weighted by Gasteiger charge is -2.05. The highest BCUT2D eigenvalue weighted by Crippen LogP contribution is 2.08. The van der Waals surface area contributed by atoms with E-state index >= 15 is 0 Å². The largest absolute Gasteiger partial charge is 0.457 e. The first-order valence-electron chi connectivity index (χ1n) is 5.70. The molecule has 0 saturated carbocycles. The van der Waals surface area contributed by atoms with Gasteiger partial charge in [-0.1, -0.05) is 42.5 Å². The van der Waals surface area contributed by atoms with Gasteiger partial charge < -0.3 is 9.84 Å². The fraction of sp³-hybridized carbons (Fsp3) is 0.133. The molecule has 92 valence electrons. The Hall–Kier alpha value is -2.13. The number of ether oxygens (including phenoxy) is 1. The summed E-state index contributed by atoms with van der Waals surface area (Å²) in [5, 5.41) is 8.90. The zero-order valence-corrected chi connectivity index (χ0v) is 9.87. The monoisotopic (exact) mass is 242 g/mol. The molecule has 2 aromatic carbocycles. The van der Waals surface area contributed by atoms with Crippen molar-refractivity contribution >= 4 is 5.97 Å². The van der Waals surface area contributed by atoms with Crippen LogP contribution < -0.4 is 0 Å². The quantitative estimate of drug-likeness (QED) is 0.838. The van der Waals surface area contributed by atoms with Crippen LogP contribution in [0.25, 0.3) is 0 Å². The lowest BCUT2D eigenvalue weighted by atomic mass is 10.1. The van der Waals surface area contributed by atoms with Crippen LogP contribution in [-0.2, 0) is 18.0 Å². The van der Waals surface area contributed by atoms with Gasteiger partial charge >= 0.3 is 5.97 Å². The highest BCUT2D eigenvalue weighted by Gasteiger charge is 2.06. The standard InChI is InChI=1S/C15H14O3/c16-10-12-6-8-14(9-7-12)15(17)18-11-13-4-2-1-3-5-13/h1-9,16H,10-11H2. The van der Waals surface area contributed by atoms with Crippen molar-refractivity contribution in [1.82, 2.24) is 0 Å². The summed E-state index contributed by atoms with van der Waals surface area (Å²) in [6.45, 7) is 0.237. The molecule has 0 aromatic heterocycles. The molecule has 1 N–H and O–H groups in total. The minimum Gasteiger partial charge on any atom is -0.457 e. The van der Waals surface area contributed by atoms with Gasteiger partial charge in [0.05, 0.1) is 12.2 Å². The van der Waals surface area contributed by atoms with E-state index in [0.717, 1.165) is 11.1 Å². The first kappa shape index (κ1) is 12.3. The van der Waals surface area contributed by atoms with E-state index < -0.39 is 0 Å². The molecule has 2 aromatic rings. The maximum atomic E-state index is 11.7. The number of hydrogen-bond donors (Lipinski definition) is 1. The normalized spacial score (nSPS) is 10.1. The Kier molecular flexibility index (Phi) is 4.10. The number of rotatable bonds is 4. The number of aliphatic hydroxyl groups excluding tert-OH is 1.